The van der Waals surface area contributed by atoms with Crippen molar-refractivity contribution in [3.63, 3.8) is 0 Å². The van der Waals surface area contributed by atoms with Gasteiger partial charge in [-0.25, -0.2) is 0 Å². The van der Waals surface area contributed by atoms with Crippen LogP contribution in [0.15, 0.2) is 0 Å². The molecular weight excluding hydrogens is 222 g/mol. The van der Waals surface area contributed by atoms with E-state index in [1.165, 1.54) is 38.9 Å². The minimum Gasteiger partial charge on any atom is -0.329 e. The van der Waals surface area contributed by atoms with Gasteiger partial charge in [0.25, 0.3) is 0 Å². The van der Waals surface area contributed by atoms with Gasteiger partial charge in [0.15, 0.2) is 0 Å². The fourth-order valence-electron chi connectivity index (χ4n) is 3.71. The van der Waals surface area contributed by atoms with Crippen LogP contribution in [0.1, 0.15) is 40.0 Å². The fourth-order valence-corrected chi connectivity index (χ4v) is 3.71. The van der Waals surface area contributed by atoms with Crippen LogP contribution in [0, 0.1) is 11.8 Å². The first kappa shape index (κ1) is 14.3. The monoisotopic (exact) mass is 253 g/mol. The summed E-state index contributed by atoms with van der Waals surface area (Å²) in [6.07, 6.45) is 3.82. The second kappa shape index (κ2) is 5.48. The van der Waals surface area contributed by atoms with Crippen molar-refractivity contribution in [3.8, 4) is 0 Å². The summed E-state index contributed by atoms with van der Waals surface area (Å²) in [7, 11) is 2.24. The minimum atomic E-state index is 0.278. The van der Waals surface area contributed by atoms with Gasteiger partial charge >= 0.3 is 0 Å². The number of nitrogens with zero attached hydrogens (tertiary/aromatic N) is 2. The molecule has 0 spiro atoms. The van der Waals surface area contributed by atoms with Gasteiger partial charge in [-0.2, -0.15) is 0 Å². The summed E-state index contributed by atoms with van der Waals surface area (Å²) in [4.78, 5) is 5.20. The van der Waals surface area contributed by atoms with Gasteiger partial charge in [0.1, 0.15) is 0 Å². The Balaban J connectivity index is 2.08. The molecule has 3 heteroatoms. The number of hydrogen-bond acceptors (Lipinski definition) is 3. The van der Waals surface area contributed by atoms with E-state index in [9.17, 15) is 0 Å². The van der Waals surface area contributed by atoms with Gasteiger partial charge in [0.05, 0.1) is 0 Å². The molecule has 4 atom stereocenters. The molecule has 3 nitrogen and oxygen atoms in total. The van der Waals surface area contributed by atoms with Crippen molar-refractivity contribution in [2.24, 2.45) is 17.6 Å². The molecule has 2 heterocycles. The topological polar surface area (TPSA) is 32.5 Å². The standard InChI is InChI=1S/C15H31N3/c1-12-5-7-18(10-13(12)2)15(11-16)6-8-17(4)14(3)9-15/h12-14H,5-11,16H2,1-4H3. The lowest BCUT2D eigenvalue weighted by molar-refractivity contribution is -0.0226. The number of hydrogen-bond donors (Lipinski definition) is 1. The van der Waals surface area contributed by atoms with Crippen molar-refractivity contribution < 1.29 is 0 Å². The van der Waals surface area contributed by atoms with E-state index >= 15 is 0 Å². The second-order valence-electron chi connectivity index (χ2n) is 6.90. The van der Waals surface area contributed by atoms with E-state index in [2.05, 4.69) is 37.6 Å². The summed E-state index contributed by atoms with van der Waals surface area (Å²) in [5, 5.41) is 0. The predicted octanol–water partition coefficient (Wildman–Crippen LogP) is 1.78. The third kappa shape index (κ3) is 2.59. The zero-order valence-corrected chi connectivity index (χ0v) is 12.7. The molecule has 0 radical (unpaired) electrons. The van der Waals surface area contributed by atoms with Gasteiger partial charge in [-0.15, -0.1) is 0 Å². The van der Waals surface area contributed by atoms with Crippen LogP contribution >= 0.6 is 0 Å². The van der Waals surface area contributed by atoms with Crippen LogP contribution in [0.3, 0.4) is 0 Å². The van der Waals surface area contributed by atoms with E-state index in [1.807, 2.05) is 0 Å². The Labute approximate surface area is 113 Å². The summed E-state index contributed by atoms with van der Waals surface area (Å²) in [5.74, 6) is 1.69. The van der Waals surface area contributed by atoms with E-state index in [0.29, 0.717) is 6.04 Å². The lowest BCUT2D eigenvalue weighted by Gasteiger charge is -2.53. The Hall–Kier alpha value is -0.120. The molecule has 2 aliphatic rings. The summed E-state index contributed by atoms with van der Waals surface area (Å²) in [5.41, 5.74) is 6.47. The van der Waals surface area contributed by atoms with Crippen LogP contribution in [0.2, 0.25) is 0 Å². The summed E-state index contributed by atoms with van der Waals surface area (Å²) >= 11 is 0. The molecular formula is C15H31N3. The molecule has 2 aliphatic heterocycles. The molecule has 18 heavy (non-hydrogen) atoms. The Morgan fingerprint density at radius 1 is 1.17 bits per heavy atom. The molecule has 2 saturated heterocycles. The summed E-state index contributed by atoms with van der Waals surface area (Å²) in [6.45, 7) is 11.7. The maximum absolute atomic E-state index is 6.20. The van der Waals surface area contributed by atoms with Crippen molar-refractivity contribution in [2.45, 2.75) is 51.6 Å². The molecule has 0 saturated carbocycles. The van der Waals surface area contributed by atoms with Crippen LogP contribution in [0.5, 0.6) is 0 Å². The Morgan fingerprint density at radius 3 is 2.44 bits per heavy atom. The molecule has 0 aromatic rings. The number of likely N-dealkylation sites (tertiary alicyclic amines) is 2. The molecule has 4 unspecified atom stereocenters. The maximum atomic E-state index is 6.20. The number of nitrogens with two attached hydrogens (primary N) is 1. The molecule has 0 aromatic heterocycles. The van der Waals surface area contributed by atoms with E-state index in [0.717, 1.165) is 18.4 Å². The van der Waals surface area contributed by atoms with E-state index < -0.39 is 0 Å². The quantitative estimate of drug-likeness (QED) is 0.814. The van der Waals surface area contributed by atoms with Gasteiger partial charge in [-0.3, -0.25) is 4.90 Å². The van der Waals surface area contributed by atoms with Gasteiger partial charge in [0.2, 0.25) is 0 Å². The first-order valence-electron chi connectivity index (χ1n) is 7.64. The lowest BCUT2D eigenvalue weighted by atomic mass is 9.78. The highest BCUT2D eigenvalue weighted by atomic mass is 15.3. The van der Waals surface area contributed by atoms with Crippen LogP contribution in [-0.4, -0.2) is 54.6 Å². The molecule has 106 valence electrons. The molecule has 2 rings (SSSR count). The smallest absolute Gasteiger partial charge is 0.0358 e. The van der Waals surface area contributed by atoms with Gasteiger partial charge < -0.3 is 10.6 Å². The average molecular weight is 253 g/mol. The zero-order valence-electron chi connectivity index (χ0n) is 12.7. The first-order chi connectivity index (χ1) is 8.48. The van der Waals surface area contributed by atoms with Gasteiger partial charge in [-0.05, 0) is 58.2 Å². The molecule has 2 N–H and O–H groups in total. The summed E-state index contributed by atoms with van der Waals surface area (Å²) in [6, 6.07) is 0.664. The van der Waals surface area contributed by atoms with Crippen LogP contribution in [0.25, 0.3) is 0 Å². The highest BCUT2D eigenvalue weighted by molar-refractivity contribution is 5.00. The van der Waals surface area contributed by atoms with Crippen molar-refractivity contribution >= 4 is 0 Å². The average Bonchev–Trinajstić information content (AvgIpc) is 2.36. The predicted molar refractivity (Wildman–Crippen MR) is 77.6 cm³/mol. The molecule has 0 amide bonds. The highest BCUT2D eigenvalue weighted by Crippen LogP contribution is 2.35. The Bertz CT molecular complexity index is 281. The van der Waals surface area contributed by atoms with Crippen LogP contribution in [0.4, 0.5) is 0 Å². The lowest BCUT2D eigenvalue weighted by Crippen LogP contribution is -2.63. The van der Waals surface area contributed by atoms with Crippen molar-refractivity contribution in [3.05, 3.63) is 0 Å². The van der Waals surface area contributed by atoms with Crippen molar-refractivity contribution in [2.75, 3.05) is 33.2 Å². The van der Waals surface area contributed by atoms with Gasteiger partial charge in [-0.1, -0.05) is 13.8 Å². The normalized spacial score (nSPS) is 44.2. The fraction of sp³-hybridized carbons (Fsp3) is 1.00. The third-order valence-electron chi connectivity index (χ3n) is 5.74. The van der Waals surface area contributed by atoms with Crippen LogP contribution in [-0.2, 0) is 0 Å². The first-order valence-corrected chi connectivity index (χ1v) is 7.64. The van der Waals surface area contributed by atoms with E-state index in [4.69, 9.17) is 5.73 Å². The molecule has 0 aromatic carbocycles. The van der Waals surface area contributed by atoms with E-state index in [1.54, 1.807) is 0 Å². The van der Waals surface area contributed by atoms with E-state index in [-0.39, 0.29) is 5.54 Å². The van der Waals surface area contributed by atoms with Gasteiger partial charge in [0, 0.05) is 24.7 Å². The van der Waals surface area contributed by atoms with Crippen LogP contribution < -0.4 is 5.73 Å². The summed E-state index contributed by atoms with van der Waals surface area (Å²) < 4.78 is 0. The number of rotatable bonds is 2. The molecule has 0 aliphatic carbocycles. The second-order valence-corrected chi connectivity index (χ2v) is 6.90. The Morgan fingerprint density at radius 2 is 1.89 bits per heavy atom. The minimum absolute atomic E-state index is 0.278. The highest BCUT2D eigenvalue weighted by Gasteiger charge is 2.42. The zero-order chi connectivity index (χ0) is 13.3. The van der Waals surface area contributed by atoms with Crippen molar-refractivity contribution in [1.82, 2.24) is 9.80 Å². The molecule has 2 fully saturated rings. The number of piperidine rings is 2. The van der Waals surface area contributed by atoms with Crippen molar-refractivity contribution in [1.29, 1.82) is 0 Å². The largest absolute Gasteiger partial charge is 0.329 e. The molecule has 0 bridgehead atoms. The SMILES string of the molecule is CC1CCN(C2(CN)CCN(C)C(C)C2)CC1C. The third-order valence-corrected chi connectivity index (χ3v) is 5.74. The maximum Gasteiger partial charge on any atom is 0.0358 e. The Kier molecular flexibility index (Phi) is 4.35.